The van der Waals surface area contributed by atoms with Crippen LogP contribution in [-0.4, -0.2) is 45.3 Å². The van der Waals surface area contributed by atoms with Crippen molar-refractivity contribution in [1.82, 2.24) is 19.7 Å². The normalized spacial score (nSPS) is 14.6. The lowest BCUT2D eigenvalue weighted by molar-refractivity contribution is 0.101. The van der Waals surface area contributed by atoms with Gasteiger partial charge in [0.2, 0.25) is 0 Å². The molecule has 1 fully saturated rings. The first-order chi connectivity index (χ1) is 15.7. The molecule has 0 bridgehead atoms. The van der Waals surface area contributed by atoms with Gasteiger partial charge >= 0.3 is 0 Å². The van der Waals surface area contributed by atoms with E-state index in [0.717, 1.165) is 25.3 Å². The Balaban J connectivity index is 1.33. The lowest BCUT2D eigenvalue weighted by atomic mass is 10.2. The summed E-state index contributed by atoms with van der Waals surface area (Å²) in [5.74, 6) is 0.326. The second-order valence-corrected chi connectivity index (χ2v) is 8.59. The standard InChI is InChI=1S/C23H27N5O3S/c29-21-11-10-20(26-28(21)14-15-31-19-8-4-3-5-9-19)22(30)25-23-24-18(17-32-23)16-27-12-6-1-2-7-13-27/h3-5,8-11,17H,1-2,6-7,12-16H2,(H,24,25,30). The van der Waals surface area contributed by atoms with E-state index in [1.807, 2.05) is 35.7 Å². The van der Waals surface area contributed by atoms with E-state index in [9.17, 15) is 9.59 Å². The van der Waals surface area contributed by atoms with E-state index in [1.165, 1.54) is 53.8 Å². The minimum Gasteiger partial charge on any atom is -0.492 e. The summed E-state index contributed by atoms with van der Waals surface area (Å²) in [5.41, 5.74) is 0.837. The van der Waals surface area contributed by atoms with Crippen LogP contribution in [0.4, 0.5) is 5.13 Å². The summed E-state index contributed by atoms with van der Waals surface area (Å²) in [6.07, 6.45) is 5.04. The fourth-order valence-electron chi connectivity index (χ4n) is 3.62. The number of nitrogens with zero attached hydrogens (tertiary/aromatic N) is 4. The van der Waals surface area contributed by atoms with E-state index in [2.05, 4.69) is 20.3 Å². The molecule has 0 unspecified atom stereocenters. The van der Waals surface area contributed by atoms with Gasteiger partial charge in [0.1, 0.15) is 18.1 Å². The Morgan fingerprint density at radius 1 is 1.06 bits per heavy atom. The van der Waals surface area contributed by atoms with E-state index in [1.54, 1.807) is 0 Å². The van der Waals surface area contributed by atoms with Gasteiger partial charge in [-0.3, -0.25) is 19.8 Å². The van der Waals surface area contributed by atoms with E-state index in [0.29, 0.717) is 10.9 Å². The van der Waals surface area contributed by atoms with Gasteiger partial charge in [-0.25, -0.2) is 9.67 Å². The van der Waals surface area contributed by atoms with Gasteiger partial charge in [0, 0.05) is 18.0 Å². The zero-order valence-electron chi connectivity index (χ0n) is 17.9. The average Bonchev–Trinajstić information content (AvgIpc) is 3.07. The van der Waals surface area contributed by atoms with E-state index in [-0.39, 0.29) is 24.4 Å². The maximum Gasteiger partial charge on any atom is 0.277 e. The SMILES string of the molecule is O=C(Nc1nc(CN2CCCCCC2)cs1)c1ccc(=O)n(CCOc2ccccc2)n1. The number of rotatable bonds is 8. The number of ether oxygens (including phenoxy) is 1. The van der Waals surface area contributed by atoms with Gasteiger partial charge in [-0.05, 0) is 44.1 Å². The number of para-hydroxylation sites is 1. The topological polar surface area (TPSA) is 89.4 Å². The number of thiazole rings is 1. The second kappa shape index (κ2) is 11.0. The third-order valence-corrected chi connectivity index (χ3v) is 6.08. The number of aromatic nitrogens is 3. The molecule has 168 valence electrons. The van der Waals surface area contributed by atoms with Gasteiger partial charge in [0.15, 0.2) is 5.13 Å². The Kier molecular flexibility index (Phi) is 7.63. The number of hydrogen-bond donors (Lipinski definition) is 1. The first-order valence-electron chi connectivity index (χ1n) is 10.9. The number of likely N-dealkylation sites (tertiary alicyclic amines) is 1. The van der Waals surface area contributed by atoms with Gasteiger partial charge in [-0.2, -0.15) is 5.10 Å². The molecule has 3 heterocycles. The molecule has 8 nitrogen and oxygen atoms in total. The molecule has 9 heteroatoms. The third kappa shape index (κ3) is 6.24. The smallest absolute Gasteiger partial charge is 0.277 e. The molecule has 32 heavy (non-hydrogen) atoms. The summed E-state index contributed by atoms with van der Waals surface area (Å²) in [5, 5.41) is 9.50. The van der Waals surface area contributed by atoms with Crippen LogP contribution in [-0.2, 0) is 13.1 Å². The number of carbonyl (C=O) groups is 1. The number of amides is 1. The van der Waals surface area contributed by atoms with Crippen LogP contribution in [0.15, 0.2) is 52.6 Å². The van der Waals surface area contributed by atoms with Crippen LogP contribution in [0.5, 0.6) is 5.75 Å². The van der Waals surface area contributed by atoms with Crippen LogP contribution in [0.25, 0.3) is 0 Å². The number of benzene rings is 1. The molecule has 1 aromatic carbocycles. The fourth-order valence-corrected chi connectivity index (χ4v) is 4.31. The molecule has 0 saturated carbocycles. The van der Waals surface area contributed by atoms with Gasteiger partial charge in [0.25, 0.3) is 11.5 Å². The van der Waals surface area contributed by atoms with Crippen molar-refractivity contribution in [1.29, 1.82) is 0 Å². The van der Waals surface area contributed by atoms with E-state index < -0.39 is 5.91 Å². The third-order valence-electron chi connectivity index (χ3n) is 5.27. The Hall–Kier alpha value is -3.04. The van der Waals surface area contributed by atoms with E-state index in [4.69, 9.17) is 4.74 Å². The predicted molar refractivity (Wildman–Crippen MR) is 124 cm³/mol. The highest BCUT2D eigenvalue weighted by molar-refractivity contribution is 7.13. The van der Waals surface area contributed by atoms with Crippen molar-refractivity contribution in [2.45, 2.75) is 38.8 Å². The first kappa shape index (κ1) is 22.2. The van der Waals surface area contributed by atoms with Gasteiger partial charge in [-0.15, -0.1) is 11.3 Å². The largest absolute Gasteiger partial charge is 0.492 e. The van der Waals surface area contributed by atoms with Crippen molar-refractivity contribution in [2.24, 2.45) is 0 Å². The Morgan fingerprint density at radius 2 is 1.84 bits per heavy atom. The fraction of sp³-hybridized carbons (Fsp3) is 0.391. The highest BCUT2D eigenvalue weighted by atomic mass is 32.1. The molecule has 4 rings (SSSR count). The number of hydrogen-bond acceptors (Lipinski definition) is 7. The summed E-state index contributed by atoms with van der Waals surface area (Å²) in [7, 11) is 0. The maximum atomic E-state index is 12.7. The van der Waals surface area contributed by atoms with Crippen LogP contribution in [0, 0.1) is 0 Å². The molecule has 0 radical (unpaired) electrons. The summed E-state index contributed by atoms with van der Waals surface area (Å²) in [6.45, 7) is 3.51. The molecule has 1 aliphatic rings. The summed E-state index contributed by atoms with van der Waals surface area (Å²) < 4.78 is 6.86. The molecule has 1 N–H and O–H groups in total. The highest BCUT2D eigenvalue weighted by Gasteiger charge is 2.15. The molecular formula is C23H27N5O3S. The molecule has 1 aliphatic heterocycles. The van der Waals surface area contributed by atoms with Crippen LogP contribution in [0.3, 0.4) is 0 Å². The molecule has 1 saturated heterocycles. The van der Waals surface area contributed by atoms with Crippen molar-refractivity contribution in [3.05, 3.63) is 69.6 Å². The highest BCUT2D eigenvalue weighted by Crippen LogP contribution is 2.19. The molecule has 2 aromatic heterocycles. The van der Waals surface area contributed by atoms with Crippen molar-refractivity contribution >= 4 is 22.4 Å². The van der Waals surface area contributed by atoms with Gasteiger partial charge in [0.05, 0.1) is 12.2 Å². The second-order valence-electron chi connectivity index (χ2n) is 7.73. The zero-order chi connectivity index (χ0) is 22.2. The first-order valence-corrected chi connectivity index (χ1v) is 11.8. The molecule has 3 aromatic rings. The molecule has 0 aliphatic carbocycles. The Morgan fingerprint density at radius 3 is 2.62 bits per heavy atom. The molecule has 1 amide bonds. The monoisotopic (exact) mass is 453 g/mol. The Bertz CT molecular complexity index is 1070. The maximum absolute atomic E-state index is 12.7. The van der Waals surface area contributed by atoms with Crippen molar-refractivity contribution in [3.8, 4) is 5.75 Å². The summed E-state index contributed by atoms with van der Waals surface area (Å²) >= 11 is 1.40. The predicted octanol–water partition coefficient (Wildman–Crippen LogP) is 3.41. The van der Waals surface area contributed by atoms with Crippen LogP contribution < -0.4 is 15.6 Å². The van der Waals surface area contributed by atoms with Crippen LogP contribution in [0.1, 0.15) is 41.9 Å². The minimum absolute atomic E-state index is 0.161. The van der Waals surface area contributed by atoms with Crippen molar-refractivity contribution < 1.29 is 9.53 Å². The lowest BCUT2D eigenvalue weighted by Crippen LogP contribution is -2.28. The van der Waals surface area contributed by atoms with Crippen molar-refractivity contribution in [3.63, 3.8) is 0 Å². The van der Waals surface area contributed by atoms with Gasteiger partial charge < -0.3 is 4.74 Å². The summed E-state index contributed by atoms with van der Waals surface area (Å²) in [6, 6.07) is 12.1. The Labute approximate surface area is 190 Å². The number of carbonyl (C=O) groups excluding carboxylic acids is 1. The lowest BCUT2D eigenvalue weighted by Gasteiger charge is -2.17. The van der Waals surface area contributed by atoms with E-state index >= 15 is 0 Å². The van der Waals surface area contributed by atoms with Gasteiger partial charge in [-0.1, -0.05) is 31.0 Å². The molecule has 0 spiro atoms. The van der Waals surface area contributed by atoms with Crippen LogP contribution in [0.2, 0.25) is 0 Å². The van der Waals surface area contributed by atoms with Crippen LogP contribution >= 0.6 is 11.3 Å². The summed E-state index contributed by atoms with van der Waals surface area (Å²) in [4.78, 5) is 31.7. The average molecular weight is 454 g/mol. The number of anilines is 1. The molecular weight excluding hydrogens is 426 g/mol. The quantitative estimate of drug-likeness (QED) is 0.562. The minimum atomic E-state index is -0.390. The van der Waals surface area contributed by atoms with Crippen molar-refractivity contribution in [2.75, 3.05) is 25.0 Å². The molecule has 0 atom stereocenters. The zero-order valence-corrected chi connectivity index (χ0v) is 18.7. The number of nitrogens with one attached hydrogen (secondary N) is 1.